The van der Waals surface area contributed by atoms with Crippen LogP contribution in [0.15, 0.2) is 0 Å². The number of hydrogen-bond donors (Lipinski definition) is 2. The highest BCUT2D eigenvalue weighted by molar-refractivity contribution is 5.82. The molecule has 1 atom stereocenters. The van der Waals surface area contributed by atoms with Gasteiger partial charge in [-0.2, -0.15) is 0 Å². The molecule has 0 radical (unpaired) electrons. The van der Waals surface area contributed by atoms with Gasteiger partial charge in [0.05, 0.1) is 0 Å². The summed E-state index contributed by atoms with van der Waals surface area (Å²) in [6.07, 6.45) is 4.68. The van der Waals surface area contributed by atoms with Gasteiger partial charge in [0, 0.05) is 13.1 Å². The third-order valence-electron chi connectivity index (χ3n) is 3.70. The van der Waals surface area contributed by atoms with E-state index in [0.717, 1.165) is 32.4 Å². The van der Waals surface area contributed by atoms with Gasteiger partial charge in [-0.1, -0.05) is 0 Å². The summed E-state index contributed by atoms with van der Waals surface area (Å²) in [5.41, 5.74) is 4.80. The molecular weight excluding hydrogens is 270 g/mol. The Labute approximate surface area is 126 Å². The predicted molar refractivity (Wildman–Crippen MR) is 79.4 cm³/mol. The van der Waals surface area contributed by atoms with Crippen LogP contribution in [0.5, 0.6) is 0 Å². The highest BCUT2D eigenvalue weighted by atomic mass is 16.6. The summed E-state index contributed by atoms with van der Waals surface area (Å²) in [6.45, 7) is 7.12. The highest BCUT2D eigenvalue weighted by Crippen LogP contribution is 2.30. The maximum Gasteiger partial charge on any atom is 0.422 e. The number of likely N-dealkylation sites (tertiary alicyclic amines) is 1. The minimum absolute atomic E-state index is 0.0930. The number of nitrogens with one attached hydrogen (secondary N) is 2. The number of carbonyl (C=O) groups excluding carboxylic acids is 2. The lowest BCUT2D eigenvalue weighted by Gasteiger charge is -2.26. The van der Waals surface area contributed by atoms with E-state index in [1.54, 1.807) is 20.8 Å². The Bertz CT molecular complexity index is 388. The van der Waals surface area contributed by atoms with Crippen LogP contribution in [0.4, 0.5) is 4.79 Å². The van der Waals surface area contributed by atoms with E-state index in [1.165, 1.54) is 12.8 Å². The molecule has 1 aliphatic carbocycles. The smallest absolute Gasteiger partial charge is 0.422 e. The standard InChI is InChI=1S/C15H27N3O3/c1-15(2,3)21-14(20)17-16-12-6-4-5-9-18(13(12)19)10-11-7-8-11/h11-12,16H,4-10H2,1-3H3,(H,17,20)/t12-/m1/s1. The van der Waals surface area contributed by atoms with Gasteiger partial charge in [-0.05, 0) is 58.8 Å². The Balaban J connectivity index is 1.82. The summed E-state index contributed by atoms with van der Waals surface area (Å²) in [6, 6.07) is -0.348. The van der Waals surface area contributed by atoms with Crippen LogP contribution in [0.25, 0.3) is 0 Å². The SMILES string of the molecule is CC(C)(C)OC(=O)NN[C@@H]1CCCCN(CC2CC2)C1=O. The molecule has 120 valence electrons. The molecule has 6 heteroatoms. The summed E-state index contributed by atoms with van der Waals surface area (Å²) in [5, 5.41) is 0. The number of nitrogens with zero attached hydrogens (tertiary/aromatic N) is 1. The lowest BCUT2D eigenvalue weighted by atomic mass is 10.1. The molecule has 6 nitrogen and oxygen atoms in total. The van der Waals surface area contributed by atoms with E-state index < -0.39 is 11.7 Å². The molecule has 1 heterocycles. The maximum atomic E-state index is 12.5. The van der Waals surface area contributed by atoms with Gasteiger partial charge in [0.2, 0.25) is 5.91 Å². The lowest BCUT2D eigenvalue weighted by molar-refractivity contribution is -0.133. The van der Waals surface area contributed by atoms with Crippen LogP contribution in [-0.4, -0.2) is 41.6 Å². The molecule has 0 aromatic rings. The summed E-state index contributed by atoms with van der Waals surface area (Å²) in [7, 11) is 0. The van der Waals surface area contributed by atoms with Crippen molar-refractivity contribution in [3.63, 3.8) is 0 Å². The van der Waals surface area contributed by atoms with Crippen LogP contribution >= 0.6 is 0 Å². The van der Waals surface area contributed by atoms with Crippen LogP contribution < -0.4 is 10.9 Å². The number of ether oxygens (including phenoxy) is 1. The molecule has 2 rings (SSSR count). The van der Waals surface area contributed by atoms with Gasteiger partial charge in [-0.15, -0.1) is 0 Å². The number of rotatable bonds is 4. The van der Waals surface area contributed by atoms with Crippen molar-refractivity contribution in [2.75, 3.05) is 13.1 Å². The van der Waals surface area contributed by atoms with Gasteiger partial charge in [0.1, 0.15) is 11.6 Å². The van der Waals surface area contributed by atoms with Gasteiger partial charge < -0.3 is 9.64 Å². The van der Waals surface area contributed by atoms with Gasteiger partial charge in [-0.3, -0.25) is 10.2 Å². The van der Waals surface area contributed by atoms with Crippen molar-refractivity contribution in [1.29, 1.82) is 0 Å². The minimum Gasteiger partial charge on any atom is -0.443 e. The second-order valence-electron chi connectivity index (χ2n) is 7.05. The van der Waals surface area contributed by atoms with Crippen LogP contribution in [-0.2, 0) is 9.53 Å². The highest BCUT2D eigenvalue weighted by Gasteiger charge is 2.32. The molecule has 2 amide bonds. The van der Waals surface area contributed by atoms with Crippen molar-refractivity contribution < 1.29 is 14.3 Å². The van der Waals surface area contributed by atoms with Gasteiger partial charge >= 0.3 is 6.09 Å². The summed E-state index contributed by atoms with van der Waals surface area (Å²) < 4.78 is 5.16. The van der Waals surface area contributed by atoms with E-state index >= 15 is 0 Å². The molecule has 2 N–H and O–H groups in total. The molecule has 0 spiro atoms. The van der Waals surface area contributed by atoms with E-state index in [4.69, 9.17) is 4.74 Å². The van der Waals surface area contributed by atoms with Gasteiger partial charge in [-0.25, -0.2) is 10.2 Å². The third kappa shape index (κ3) is 5.53. The molecule has 1 aliphatic heterocycles. The molecule has 21 heavy (non-hydrogen) atoms. The Morgan fingerprint density at radius 3 is 2.62 bits per heavy atom. The van der Waals surface area contributed by atoms with E-state index in [2.05, 4.69) is 10.9 Å². The van der Waals surface area contributed by atoms with Crippen LogP contribution in [0, 0.1) is 5.92 Å². The molecule has 2 aliphatic rings. The fourth-order valence-corrected chi connectivity index (χ4v) is 2.48. The summed E-state index contributed by atoms with van der Waals surface area (Å²) in [4.78, 5) is 26.1. The van der Waals surface area contributed by atoms with E-state index in [1.807, 2.05) is 4.90 Å². The summed E-state index contributed by atoms with van der Waals surface area (Å²) >= 11 is 0. The average molecular weight is 297 g/mol. The van der Waals surface area contributed by atoms with Crippen molar-refractivity contribution in [2.45, 2.75) is 64.5 Å². The zero-order valence-electron chi connectivity index (χ0n) is 13.3. The Hall–Kier alpha value is -1.30. The molecular formula is C15H27N3O3. The maximum absolute atomic E-state index is 12.5. The second-order valence-corrected chi connectivity index (χ2v) is 7.05. The first-order valence-corrected chi connectivity index (χ1v) is 7.88. The van der Waals surface area contributed by atoms with Crippen molar-refractivity contribution in [3.8, 4) is 0 Å². The topological polar surface area (TPSA) is 70.7 Å². The number of amides is 2. The largest absolute Gasteiger partial charge is 0.443 e. The zero-order chi connectivity index (χ0) is 15.5. The molecule has 0 bridgehead atoms. The van der Waals surface area contributed by atoms with E-state index in [9.17, 15) is 9.59 Å². The second kappa shape index (κ2) is 6.64. The van der Waals surface area contributed by atoms with Crippen molar-refractivity contribution in [1.82, 2.24) is 15.8 Å². The van der Waals surface area contributed by atoms with E-state index in [-0.39, 0.29) is 11.9 Å². The van der Waals surface area contributed by atoms with Gasteiger partial charge in [0.15, 0.2) is 0 Å². The number of carbonyl (C=O) groups is 2. The Morgan fingerprint density at radius 2 is 2.00 bits per heavy atom. The first kappa shape index (κ1) is 16.1. The molecule has 0 aromatic carbocycles. The van der Waals surface area contributed by atoms with Gasteiger partial charge in [0.25, 0.3) is 0 Å². The number of hydrogen-bond acceptors (Lipinski definition) is 4. The van der Waals surface area contributed by atoms with Crippen molar-refractivity contribution in [2.24, 2.45) is 5.92 Å². The van der Waals surface area contributed by atoms with Crippen LogP contribution in [0.3, 0.4) is 0 Å². The molecule has 1 saturated heterocycles. The van der Waals surface area contributed by atoms with Crippen molar-refractivity contribution in [3.05, 3.63) is 0 Å². The zero-order valence-corrected chi connectivity index (χ0v) is 13.3. The molecule has 0 unspecified atom stereocenters. The minimum atomic E-state index is -0.548. The Morgan fingerprint density at radius 1 is 1.29 bits per heavy atom. The molecule has 0 aromatic heterocycles. The van der Waals surface area contributed by atoms with Crippen LogP contribution in [0.1, 0.15) is 52.9 Å². The molecule has 2 fully saturated rings. The average Bonchev–Trinajstić information content (AvgIpc) is 3.17. The quantitative estimate of drug-likeness (QED) is 0.776. The van der Waals surface area contributed by atoms with Crippen LogP contribution in [0.2, 0.25) is 0 Å². The first-order valence-electron chi connectivity index (χ1n) is 7.88. The van der Waals surface area contributed by atoms with Crippen molar-refractivity contribution >= 4 is 12.0 Å². The lowest BCUT2D eigenvalue weighted by Crippen LogP contribution is -2.53. The monoisotopic (exact) mass is 297 g/mol. The number of hydrazine groups is 1. The van der Waals surface area contributed by atoms with E-state index in [0.29, 0.717) is 5.92 Å². The fraction of sp³-hybridized carbons (Fsp3) is 0.867. The first-order chi connectivity index (χ1) is 9.85. The normalized spacial score (nSPS) is 23.7. The predicted octanol–water partition coefficient (Wildman–Crippen LogP) is 1.81. The third-order valence-corrected chi connectivity index (χ3v) is 3.70. The fourth-order valence-electron chi connectivity index (χ4n) is 2.48. The summed E-state index contributed by atoms with van der Waals surface area (Å²) in [5.74, 6) is 0.780. The Kier molecular flexibility index (Phi) is 5.08. The molecule has 1 saturated carbocycles.